The van der Waals surface area contributed by atoms with Gasteiger partial charge in [0.2, 0.25) is 11.8 Å². The van der Waals surface area contributed by atoms with Gasteiger partial charge in [-0.1, -0.05) is 47.5 Å². The monoisotopic (exact) mass is 525 g/mol. The Bertz CT molecular complexity index is 1370. The van der Waals surface area contributed by atoms with Crippen molar-refractivity contribution in [1.82, 2.24) is 5.32 Å². The SMILES string of the molecule is Cc1ccc(S(=O)(=O)N(CC(=O)NCc2ccc(N3CCCC3=O)cc2)c2cccc(Cl)c2C)cc1. The summed E-state index contributed by atoms with van der Waals surface area (Å²) in [4.78, 5) is 26.7. The molecule has 0 aliphatic carbocycles. The van der Waals surface area contributed by atoms with Gasteiger partial charge in [-0.25, -0.2) is 8.42 Å². The molecule has 0 unspecified atom stereocenters. The number of hydrogen-bond donors (Lipinski definition) is 1. The van der Waals surface area contributed by atoms with Gasteiger partial charge in [-0.3, -0.25) is 13.9 Å². The van der Waals surface area contributed by atoms with Gasteiger partial charge in [-0.2, -0.15) is 0 Å². The summed E-state index contributed by atoms with van der Waals surface area (Å²) >= 11 is 6.27. The van der Waals surface area contributed by atoms with Crippen molar-refractivity contribution < 1.29 is 18.0 Å². The van der Waals surface area contributed by atoms with Crippen LogP contribution in [0, 0.1) is 13.8 Å². The topological polar surface area (TPSA) is 86.8 Å². The molecule has 4 rings (SSSR count). The van der Waals surface area contributed by atoms with Gasteiger partial charge in [-0.05, 0) is 67.8 Å². The van der Waals surface area contributed by atoms with Crippen LogP contribution in [0.1, 0.15) is 29.5 Å². The maximum atomic E-state index is 13.6. The van der Waals surface area contributed by atoms with Crippen molar-refractivity contribution in [2.24, 2.45) is 0 Å². The molecule has 1 N–H and O–H groups in total. The minimum Gasteiger partial charge on any atom is -0.350 e. The van der Waals surface area contributed by atoms with Crippen molar-refractivity contribution in [2.45, 2.75) is 38.1 Å². The second kappa shape index (κ2) is 10.7. The molecule has 1 heterocycles. The van der Waals surface area contributed by atoms with E-state index in [0.717, 1.165) is 27.5 Å². The van der Waals surface area contributed by atoms with Crippen molar-refractivity contribution in [1.29, 1.82) is 0 Å². The average molecular weight is 526 g/mol. The van der Waals surface area contributed by atoms with E-state index in [1.807, 2.05) is 31.2 Å². The molecule has 36 heavy (non-hydrogen) atoms. The van der Waals surface area contributed by atoms with E-state index in [2.05, 4.69) is 5.32 Å². The van der Waals surface area contributed by atoms with E-state index >= 15 is 0 Å². The largest absolute Gasteiger partial charge is 0.350 e. The van der Waals surface area contributed by atoms with Crippen LogP contribution < -0.4 is 14.5 Å². The number of nitrogens with one attached hydrogen (secondary N) is 1. The molecule has 0 radical (unpaired) electrons. The molecule has 188 valence electrons. The van der Waals surface area contributed by atoms with E-state index in [1.54, 1.807) is 42.2 Å². The van der Waals surface area contributed by atoms with Gasteiger partial charge in [0.25, 0.3) is 10.0 Å². The lowest BCUT2D eigenvalue weighted by atomic mass is 10.2. The lowest BCUT2D eigenvalue weighted by Crippen LogP contribution is -2.41. The first-order valence-corrected chi connectivity index (χ1v) is 13.5. The Hall–Kier alpha value is -3.36. The van der Waals surface area contributed by atoms with Crippen LogP contribution >= 0.6 is 11.6 Å². The van der Waals surface area contributed by atoms with Crippen molar-refractivity contribution in [3.05, 3.63) is 88.4 Å². The van der Waals surface area contributed by atoms with E-state index in [-0.39, 0.29) is 17.3 Å². The van der Waals surface area contributed by atoms with Crippen molar-refractivity contribution >= 4 is 44.8 Å². The predicted octanol–water partition coefficient (Wildman–Crippen LogP) is 4.60. The zero-order chi connectivity index (χ0) is 25.9. The summed E-state index contributed by atoms with van der Waals surface area (Å²) in [5.41, 5.74) is 3.51. The van der Waals surface area contributed by atoms with Crippen LogP contribution in [0.3, 0.4) is 0 Å². The van der Waals surface area contributed by atoms with Gasteiger partial charge >= 0.3 is 0 Å². The number of anilines is 2. The number of benzene rings is 3. The molecule has 1 saturated heterocycles. The second-order valence-corrected chi connectivity index (χ2v) is 11.1. The average Bonchev–Trinajstić information content (AvgIpc) is 3.29. The minimum absolute atomic E-state index is 0.0901. The van der Waals surface area contributed by atoms with Crippen molar-refractivity contribution in [3.8, 4) is 0 Å². The fourth-order valence-electron chi connectivity index (χ4n) is 4.11. The Morgan fingerprint density at radius 1 is 1.03 bits per heavy atom. The highest BCUT2D eigenvalue weighted by Gasteiger charge is 2.29. The molecule has 0 aromatic heterocycles. The molecule has 2 amide bonds. The van der Waals surface area contributed by atoms with Crippen LogP contribution in [0.2, 0.25) is 5.02 Å². The van der Waals surface area contributed by atoms with E-state index in [0.29, 0.717) is 29.2 Å². The Kier molecular flexibility index (Phi) is 7.66. The number of amides is 2. The highest BCUT2D eigenvalue weighted by molar-refractivity contribution is 7.92. The van der Waals surface area contributed by atoms with Crippen LogP contribution in [0.25, 0.3) is 0 Å². The summed E-state index contributed by atoms with van der Waals surface area (Å²) in [6.07, 6.45) is 1.41. The van der Waals surface area contributed by atoms with Crippen LogP contribution in [-0.2, 0) is 26.2 Å². The third-order valence-corrected chi connectivity index (χ3v) is 8.40. The molecular weight excluding hydrogens is 498 g/mol. The molecule has 0 spiro atoms. The molecule has 1 aliphatic rings. The molecule has 3 aromatic carbocycles. The summed E-state index contributed by atoms with van der Waals surface area (Å²) in [5, 5.41) is 3.22. The molecule has 9 heteroatoms. The lowest BCUT2D eigenvalue weighted by molar-refractivity contribution is -0.120. The molecule has 7 nitrogen and oxygen atoms in total. The summed E-state index contributed by atoms with van der Waals surface area (Å²) < 4.78 is 28.2. The van der Waals surface area contributed by atoms with E-state index in [4.69, 9.17) is 11.6 Å². The molecule has 1 fully saturated rings. The number of nitrogens with zero attached hydrogens (tertiary/aromatic N) is 2. The molecule has 0 bridgehead atoms. The first kappa shape index (κ1) is 25.7. The van der Waals surface area contributed by atoms with E-state index in [9.17, 15) is 18.0 Å². The third kappa shape index (κ3) is 5.55. The molecule has 3 aromatic rings. The number of carbonyl (C=O) groups excluding carboxylic acids is 2. The molecule has 1 aliphatic heterocycles. The number of sulfonamides is 1. The van der Waals surface area contributed by atoms with E-state index < -0.39 is 22.5 Å². The van der Waals surface area contributed by atoms with Gasteiger partial charge in [-0.15, -0.1) is 0 Å². The highest BCUT2D eigenvalue weighted by Crippen LogP contribution is 2.31. The fraction of sp³-hybridized carbons (Fsp3) is 0.259. The zero-order valence-corrected chi connectivity index (χ0v) is 21.8. The van der Waals surface area contributed by atoms with Crippen LogP contribution in [0.4, 0.5) is 11.4 Å². The molecule has 0 saturated carbocycles. The van der Waals surface area contributed by atoms with Crippen molar-refractivity contribution in [2.75, 3.05) is 22.3 Å². The normalized spacial score (nSPS) is 13.6. The predicted molar refractivity (Wildman–Crippen MR) is 142 cm³/mol. The Morgan fingerprint density at radius 2 is 1.72 bits per heavy atom. The zero-order valence-electron chi connectivity index (χ0n) is 20.2. The number of aryl methyl sites for hydroxylation is 1. The lowest BCUT2D eigenvalue weighted by Gasteiger charge is -2.26. The second-order valence-electron chi connectivity index (χ2n) is 8.80. The maximum Gasteiger partial charge on any atom is 0.264 e. The van der Waals surface area contributed by atoms with E-state index in [1.165, 1.54) is 12.1 Å². The maximum absolute atomic E-state index is 13.6. The fourth-order valence-corrected chi connectivity index (χ4v) is 5.75. The number of halogens is 1. The summed E-state index contributed by atoms with van der Waals surface area (Å²) in [6, 6.07) is 18.9. The van der Waals surface area contributed by atoms with Gasteiger partial charge in [0, 0.05) is 30.2 Å². The first-order valence-electron chi connectivity index (χ1n) is 11.7. The van der Waals surface area contributed by atoms with Gasteiger partial charge < -0.3 is 10.2 Å². The number of rotatable bonds is 8. The minimum atomic E-state index is -4.03. The third-order valence-electron chi connectivity index (χ3n) is 6.22. The van der Waals surface area contributed by atoms with Crippen LogP contribution in [-0.4, -0.2) is 33.3 Å². The number of carbonyl (C=O) groups is 2. The number of hydrogen-bond acceptors (Lipinski definition) is 4. The highest BCUT2D eigenvalue weighted by atomic mass is 35.5. The first-order chi connectivity index (χ1) is 17.2. The summed E-state index contributed by atoms with van der Waals surface area (Å²) in [5.74, 6) is -0.342. The van der Waals surface area contributed by atoms with Crippen LogP contribution in [0.15, 0.2) is 71.6 Å². The smallest absolute Gasteiger partial charge is 0.264 e. The van der Waals surface area contributed by atoms with Gasteiger partial charge in [0.1, 0.15) is 6.54 Å². The van der Waals surface area contributed by atoms with Crippen molar-refractivity contribution in [3.63, 3.8) is 0 Å². The summed E-state index contributed by atoms with van der Waals surface area (Å²) in [6.45, 7) is 4.12. The Balaban J connectivity index is 1.52. The molecule has 0 atom stereocenters. The summed E-state index contributed by atoms with van der Waals surface area (Å²) in [7, 11) is -4.03. The Labute approximate surface area is 216 Å². The quantitative estimate of drug-likeness (QED) is 0.466. The van der Waals surface area contributed by atoms with Gasteiger partial charge in [0.05, 0.1) is 10.6 Å². The molecular formula is C27H28ClN3O4S. The standard InChI is InChI=1S/C27H28ClN3O4S/c1-19-8-14-23(15-9-19)36(34,35)31(25-6-3-5-24(28)20(25)2)18-26(32)29-17-21-10-12-22(13-11-21)30-16-4-7-27(30)33/h3,5-6,8-15H,4,7,16-18H2,1-2H3,(H,29,32). The van der Waals surface area contributed by atoms with Gasteiger partial charge in [0.15, 0.2) is 0 Å². The van der Waals surface area contributed by atoms with Crippen LogP contribution in [0.5, 0.6) is 0 Å². The Morgan fingerprint density at radius 3 is 2.36 bits per heavy atom.